The van der Waals surface area contributed by atoms with Gasteiger partial charge >= 0.3 is 0 Å². The van der Waals surface area contributed by atoms with E-state index in [2.05, 4.69) is 41.4 Å². The number of hydrogen-bond acceptors (Lipinski definition) is 4. The van der Waals surface area contributed by atoms with Gasteiger partial charge < -0.3 is 14.8 Å². The van der Waals surface area contributed by atoms with Crippen molar-refractivity contribution in [3.05, 3.63) is 59.2 Å². The van der Waals surface area contributed by atoms with Gasteiger partial charge in [0.15, 0.2) is 0 Å². The minimum absolute atomic E-state index is 0.143. The third-order valence-corrected chi connectivity index (χ3v) is 5.02. The van der Waals surface area contributed by atoms with E-state index in [9.17, 15) is 4.79 Å². The van der Waals surface area contributed by atoms with Crippen LogP contribution < -0.4 is 14.8 Å². The Balaban J connectivity index is 1.71. The van der Waals surface area contributed by atoms with Gasteiger partial charge in [0.2, 0.25) is 0 Å². The predicted molar refractivity (Wildman–Crippen MR) is 102 cm³/mol. The average molecular weight is 354 g/mol. The lowest BCUT2D eigenvalue weighted by Crippen LogP contribution is -2.47. The number of carbonyl (C=O) groups excluding carboxylic acids is 1. The maximum absolute atomic E-state index is 12.7. The van der Waals surface area contributed by atoms with Gasteiger partial charge in [-0.05, 0) is 42.3 Å². The summed E-state index contributed by atoms with van der Waals surface area (Å²) in [7, 11) is 3.15. The monoisotopic (exact) mass is 354 g/mol. The Hall–Kier alpha value is -2.53. The van der Waals surface area contributed by atoms with Crippen LogP contribution in [0.5, 0.6) is 11.5 Å². The van der Waals surface area contributed by atoms with Crippen LogP contribution in [0.15, 0.2) is 42.5 Å². The first-order valence-corrected chi connectivity index (χ1v) is 8.97. The molecule has 0 bridgehead atoms. The second-order valence-electron chi connectivity index (χ2n) is 6.47. The quantitative estimate of drug-likeness (QED) is 0.867. The number of nitrogens with zero attached hydrogens (tertiary/aromatic N) is 1. The number of methoxy groups -OCH3 is 2. The van der Waals surface area contributed by atoms with E-state index in [4.69, 9.17) is 9.47 Å². The smallest absolute Gasteiger partial charge is 0.255 e. The summed E-state index contributed by atoms with van der Waals surface area (Å²) >= 11 is 0. The molecule has 2 aromatic rings. The summed E-state index contributed by atoms with van der Waals surface area (Å²) in [4.78, 5) is 15.1. The van der Waals surface area contributed by atoms with Crippen LogP contribution in [-0.4, -0.2) is 44.2 Å². The molecular formula is C21H26N2O3. The summed E-state index contributed by atoms with van der Waals surface area (Å²) in [6.07, 6.45) is 0.944. The standard InChI is InChI=1S/C21H26N2O3/c1-4-23-14-16-8-6-5-7-15(16)11-17(23)13-22-21(24)19-12-18(25-2)9-10-20(19)26-3/h5-10,12,17H,4,11,13-14H2,1-3H3,(H,22,24)/t17-/m1/s1. The Kier molecular flexibility index (Phi) is 5.78. The Morgan fingerprint density at radius 2 is 1.92 bits per heavy atom. The van der Waals surface area contributed by atoms with Crippen molar-refractivity contribution < 1.29 is 14.3 Å². The fraction of sp³-hybridized carbons (Fsp3) is 0.381. The van der Waals surface area contributed by atoms with Gasteiger partial charge in [-0.3, -0.25) is 9.69 Å². The Labute approximate surface area is 154 Å². The molecule has 1 atom stereocenters. The number of rotatable bonds is 6. The molecule has 5 heteroatoms. The van der Waals surface area contributed by atoms with Gasteiger partial charge in [-0.2, -0.15) is 0 Å². The fourth-order valence-corrected chi connectivity index (χ4v) is 3.51. The molecule has 1 aliphatic rings. The summed E-state index contributed by atoms with van der Waals surface area (Å²) in [6.45, 7) is 4.64. The topological polar surface area (TPSA) is 50.8 Å². The van der Waals surface area contributed by atoms with E-state index in [-0.39, 0.29) is 11.9 Å². The molecule has 1 amide bonds. The first kappa shape index (κ1) is 18.3. The molecule has 26 heavy (non-hydrogen) atoms. The lowest BCUT2D eigenvalue weighted by Gasteiger charge is -2.36. The van der Waals surface area contributed by atoms with Gasteiger partial charge in [-0.1, -0.05) is 31.2 Å². The highest BCUT2D eigenvalue weighted by Gasteiger charge is 2.25. The van der Waals surface area contributed by atoms with Gasteiger partial charge in [0, 0.05) is 19.1 Å². The van der Waals surface area contributed by atoms with Gasteiger partial charge in [0.05, 0.1) is 19.8 Å². The number of hydrogen-bond donors (Lipinski definition) is 1. The molecule has 2 aromatic carbocycles. The van der Waals surface area contributed by atoms with E-state index in [1.807, 2.05) is 0 Å². The molecular weight excluding hydrogens is 328 g/mol. The number of fused-ring (bicyclic) bond motifs is 1. The number of benzene rings is 2. The highest BCUT2D eigenvalue weighted by Crippen LogP contribution is 2.25. The lowest BCUT2D eigenvalue weighted by molar-refractivity contribution is 0.0924. The van der Waals surface area contributed by atoms with Crippen LogP contribution in [0.2, 0.25) is 0 Å². The maximum atomic E-state index is 12.7. The van der Waals surface area contributed by atoms with Crippen molar-refractivity contribution >= 4 is 5.91 Å². The van der Waals surface area contributed by atoms with E-state index in [1.54, 1.807) is 32.4 Å². The van der Waals surface area contributed by atoms with E-state index in [0.29, 0.717) is 23.6 Å². The van der Waals surface area contributed by atoms with Crippen LogP contribution in [-0.2, 0) is 13.0 Å². The molecule has 0 saturated carbocycles. The molecule has 3 rings (SSSR count). The van der Waals surface area contributed by atoms with E-state index >= 15 is 0 Å². The molecule has 0 unspecified atom stereocenters. The summed E-state index contributed by atoms with van der Waals surface area (Å²) in [5.41, 5.74) is 3.24. The minimum Gasteiger partial charge on any atom is -0.497 e. The number of amides is 1. The molecule has 0 aliphatic carbocycles. The average Bonchev–Trinajstić information content (AvgIpc) is 2.70. The summed E-state index contributed by atoms with van der Waals surface area (Å²) in [5.74, 6) is 1.04. The molecule has 0 spiro atoms. The fourth-order valence-electron chi connectivity index (χ4n) is 3.51. The largest absolute Gasteiger partial charge is 0.497 e. The van der Waals surface area contributed by atoms with Crippen molar-refractivity contribution in [2.24, 2.45) is 0 Å². The summed E-state index contributed by atoms with van der Waals surface area (Å²) < 4.78 is 10.5. The van der Waals surface area contributed by atoms with Crippen molar-refractivity contribution in [1.29, 1.82) is 0 Å². The maximum Gasteiger partial charge on any atom is 0.255 e. The predicted octanol–water partition coefficient (Wildman–Crippen LogP) is 2.88. The van der Waals surface area contributed by atoms with Crippen molar-refractivity contribution in [3.63, 3.8) is 0 Å². The molecule has 0 radical (unpaired) electrons. The van der Waals surface area contributed by atoms with Crippen LogP contribution in [0.3, 0.4) is 0 Å². The minimum atomic E-state index is -0.143. The first-order valence-electron chi connectivity index (χ1n) is 8.97. The molecule has 0 fully saturated rings. The number of carbonyl (C=O) groups is 1. The lowest BCUT2D eigenvalue weighted by atomic mass is 9.94. The first-order chi connectivity index (χ1) is 12.7. The number of nitrogens with one attached hydrogen (secondary N) is 1. The van der Waals surface area contributed by atoms with Crippen LogP contribution in [0.25, 0.3) is 0 Å². The summed E-state index contributed by atoms with van der Waals surface area (Å²) in [5, 5.41) is 3.07. The molecule has 1 aliphatic heterocycles. The molecule has 0 aromatic heterocycles. The Morgan fingerprint density at radius 1 is 1.15 bits per heavy atom. The molecule has 138 valence electrons. The van der Waals surface area contributed by atoms with Crippen molar-refractivity contribution in [3.8, 4) is 11.5 Å². The molecule has 5 nitrogen and oxygen atoms in total. The Morgan fingerprint density at radius 3 is 2.62 bits per heavy atom. The van der Waals surface area contributed by atoms with Crippen molar-refractivity contribution in [2.75, 3.05) is 27.3 Å². The van der Waals surface area contributed by atoms with Crippen molar-refractivity contribution in [1.82, 2.24) is 10.2 Å². The van der Waals surface area contributed by atoms with Crippen molar-refractivity contribution in [2.45, 2.75) is 25.9 Å². The van der Waals surface area contributed by atoms with E-state index in [1.165, 1.54) is 11.1 Å². The second kappa shape index (κ2) is 8.23. The van der Waals surface area contributed by atoms with Gasteiger partial charge in [0.25, 0.3) is 5.91 Å². The van der Waals surface area contributed by atoms with Crippen LogP contribution >= 0.6 is 0 Å². The van der Waals surface area contributed by atoms with E-state index in [0.717, 1.165) is 19.5 Å². The third-order valence-electron chi connectivity index (χ3n) is 5.02. The number of likely N-dealkylation sites (N-methyl/N-ethyl adjacent to an activating group) is 1. The highest BCUT2D eigenvalue weighted by molar-refractivity contribution is 5.97. The van der Waals surface area contributed by atoms with Gasteiger partial charge in [-0.15, -0.1) is 0 Å². The zero-order chi connectivity index (χ0) is 18.5. The zero-order valence-corrected chi connectivity index (χ0v) is 15.6. The SMILES string of the molecule is CCN1Cc2ccccc2C[C@@H]1CNC(=O)c1cc(OC)ccc1OC. The van der Waals surface area contributed by atoms with Gasteiger partial charge in [-0.25, -0.2) is 0 Å². The molecule has 1 heterocycles. The molecule has 0 saturated heterocycles. The third kappa shape index (κ3) is 3.83. The summed E-state index contributed by atoms with van der Waals surface area (Å²) in [6, 6.07) is 14.1. The van der Waals surface area contributed by atoms with E-state index < -0.39 is 0 Å². The normalized spacial score (nSPS) is 16.7. The van der Waals surface area contributed by atoms with Crippen LogP contribution in [0.1, 0.15) is 28.4 Å². The highest BCUT2D eigenvalue weighted by atomic mass is 16.5. The second-order valence-corrected chi connectivity index (χ2v) is 6.47. The van der Waals surface area contributed by atoms with Crippen LogP contribution in [0.4, 0.5) is 0 Å². The van der Waals surface area contributed by atoms with Gasteiger partial charge in [0.1, 0.15) is 11.5 Å². The van der Waals surface area contributed by atoms with Crippen LogP contribution in [0, 0.1) is 0 Å². The molecule has 1 N–H and O–H groups in total. The number of ether oxygens (including phenoxy) is 2. The Bertz CT molecular complexity index is 776. The zero-order valence-electron chi connectivity index (χ0n) is 15.6.